The molecule has 0 aliphatic rings. The molecule has 0 aliphatic carbocycles. The van der Waals surface area contributed by atoms with E-state index in [-0.39, 0.29) is 17.3 Å². The molecule has 0 radical (unpaired) electrons. The van der Waals surface area contributed by atoms with Crippen LogP contribution in [0.2, 0.25) is 0 Å². The van der Waals surface area contributed by atoms with Crippen molar-refractivity contribution in [2.75, 3.05) is 6.61 Å². The molecule has 0 unspecified atom stereocenters. The molecule has 0 aromatic heterocycles. The number of thioether (sulfide) groups is 1. The van der Waals surface area contributed by atoms with Crippen molar-refractivity contribution in [2.24, 2.45) is 0 Å². The van der Waals surface area contributed by atoms with Gasteiger partial charge in [0, 0.05) is 11.8 Å². The van der Waals surface area contributed by atoms with Gasteiger partial charge in [-0.1, -0.05) is 0 Å². The fourth-order valence-corrected chi connectivity index (χ4v) is 0.887. The molecule has 4 nitrogen and oxygen atoms in total. The first-order valence-electron chi connectivity index (χ1n) is 3.26. The van der Waals surface area contributed by atoms with E-state index in [4.69, 9.17) is 10.4 Å². The summed E-state index contributed by atoms with van der Waals surface area (Å²) < 4.78 is 4.59. The van der Waals surface area contributed by atoms with Gasteiger partial charge in [-0.3, -0.25) is 0 Å². The minimum absolute atomic E-state index is 0.0562. The van der Waals surface area contributed by atoms with Crippen molar-refractivity contribution in [1.29, 1.82) is 5.26 Å². The van der Waals surface area contributed by atoms with Gasteiger partial charge in [-0.15, -0.1) is 0 Å². The highest BCUT2D eigenvalue weighted by Gasteiger charge is 2.14. The number of carbonyl (C=O) groups excluding carboxylic acids is 1. The van der Waals surface area contributed by atoms with Gasteiger partial charge < -0.3 is 9.84 Å². The second-order valence-corrected chi connectivity index (χ2v) is 2.62. The van der Waals surface area contributed by atoms with E-state index in [9.17, 15) is 4.79 Å². The molecule has 0 atom stereocenters. The van der Waals surface area contributed by atoms with Gasteiger partial charge in [0.05, 0.1) is 6.61 Å². The average molecular weight is 187 g/mol. The van der Waals surface area contributed by atoms with Crippen LogP contribution in [0.5, 0.6) is 0 Å². The number of carbonyl (C=O) groups is 1. The molecule has 0 saturated carbocycles. The van der Waals surface area contributed by atoms with Gasteiger partial charge in [0.15, 0.2) is 0 Å². The maximum absolute atomic E-state index is 11.0. The molecule has 0 aliphatic heterocycles. The quantitative estimate of drug-likeness (QED) is 0.314. The molecule has 12 heavy (non-hydrogen) atoms. The van der Waals surface area contributed by atoms with E-state index in [0.29, 0.717) is 11.8 Å². The number of nitrogens with zero attached hydrogens (tertiary/aromatic N) is 1. The standard InChI is InChI=1S/C7H9NO3S/c1-3-11-7(10)6(5(2)9)12-4-8/h9H,3H2,1-2H3/b6-5-. The van der Waals surface area contributed by atoms with Crippen LogP contribution in [0.15, 0.2) is 10.7 Å². The Hall–Kier alpha value is -1.15. The van der Waals surface area contributed by atoms with Crippen molar-refractivity contribution in [1.82, 2.24) is 0 Å². The average Bonchev–Trinajstić information content (AvgIpc) is 1.99. The summed E-state index contributed by atoms with van der Waals surface area (Å²) in [5.74, 6) is -0.857. The third kappa shape index (κ3) is 3.30. The van der Waals surface area contributed by atoms with Gasteiger partial charge in [0.25, 0.3) is 0 Å². The van der Waals surface area contributed by atoms with Gasteiger partial charge in [0.1, 0.15) is 16.1 Å². The van der Waals surface area contributed by atoms with Crippen LogP contribution in [-0.4, -0.2) is 17.7 Å². The summed E-state index contributed by atoms with van der Waals surface area (Å²) in [6, 6.07) is 0. The predicted molar refractivity (Wildman–Crippen MR) is 45.2 cm³/mol. The molecule has 0 bridgehead atoms. The van der Waals surface area contributed by atoms with Crippen LogP contribution in [0.3, 0.4) is 0 Å². The van der Waals surface area contributed by atoms with Crippen molar-refractivity contribution >= 4 is 17.7 Å². The molecule has 0 aromatic carbocycles. The van der Waals surface area contributed by atoms with Crippen molar-refractivity contribution in [3.63, 3.8) is 0 Å². The van der Waals surface area contributed by atoms with E-state index in [0.717, 1.165) is 0 Å². The van der Waals surface area contributed by atoms with Crippen molar-refractivity contribution in [3.8, 4) is 5.40 Å². The normalized spacial score (nSPS) is 11.4. The van der Waals surface area contributed by atoms with Crippen LogP contribution < -0.4 is 0 Å². The first-order chi connectivity index (χ1) is 5.63. The lowest BCUT2D eigenvalue weighted by Gasteiger charge is -2.02. The van der Waals surface area contributed by atoms with Gasteiger partial charge in [-0.25, -0.2) is 4.79 Å². The molecule has 66 valence electrons. The van der Waals surface area contributed by atoms with Crippen molar-refractivity contribution in [3.05, 3.63) is 10.7 Å². The van der Waals surface area contributed by atoms with Crippen LogP contribution in [0.1, 0.15) is 13.8 Å². The van der Waals surface area contributed by atoms with E-state index in [1.807, 2.05) is 0 Å². The zero-order valence-electron chi connectivity index (χ0n) is 6.83. The zero-order chi connectivity index (χ0) is 9.56. The van der Waals surface area contributed by atoms with E-state index in [2.05, 4.69) is 4.74 Å². The molecule has 0 heterocycles. The van der Waals surface area contributed by atoms with Crippen molar-refractivity contribution in [2.45, 2.75) is 13.8 Å². The fraction of sp³-hybridized carbons (Fsp3) is 0.429. The molecule has 0 amide bonds. The lowest BCUT2D eigenvalue weighted by Crippen LogP contribution is -2.06. The van der Waals surface area contributed by atoms with E-state index in [1.165, 1.54) is 6.92 Å². The molecule has 0 saturated heterocycles. The molecule has 5 heteroatoms. The molecule has 1 N–H and O–H groups in total. The molecular formula is C7H9NO3S. The maximum Gasteiger partial charge on any atom is 0.349 e. The van der Waals surface area contributed by atoms with Crippen LogP contribution in [0.4, 0.5) is 0 Å². The Morgan fingerprint density at radius 2 is 2.33 bits per heavy atom. The number of nitriles is 1. The number of ether oxygens (including phenoxy) is 1. The molecular weight excluding hydrogens is 178 g/mol. The molecule has 0 rings (SSSR count). The fourth-order valence-electron chi connectivity index (χ4n) is 0.506. The third-order valence-corrected chi connectivity index (χ3v) is 1.69. The van der Waals surface area contributed by atoms with Gasteiger partial charge in [0.2, 0.25) is 0 Å². The predicted octanol–water partition coefficient (Wildman–Crippen LogP) is 1.55. The minimum Gasteiger partial charge on any atom is -0.511 e. The lowest BCUT2D eigenvalue weighted by molar-refractivity contribution is -0.137. The van der Waals surface area contributed by atoms with Crippen LogP contribution in [-0.2, 0) is 9.53 Å². The number of rotatable bonds is 3. The smallest absolute Gasteiger partial charge is 0.349 e. The molecule has 0 aromatic rings. The first-order valence-corrected chi connectivity index (χ1v) is 4.08. The number of allylic oxidation sites excluding steroid dienone is 1. The van der Waals surface area contributed by atoms with Crippen molar-refractivity contribution < 1.29 is 14.6 Å². The number of hydrogen-bond acceptors (Lipinski definition) is 5. The largest absolute Gasteiger partial charge is 0.511 e. The Labute approximate surface area is 74.8 Å². The van der Waals surface area contributed by atoms with Crippen LogP contribution >= 0.6 is 11.8 Å². The van der Waals surface area contributed by atoms with Crippen LogP contribution in [0.25, 0.3) is 0 Å². The monoisotopic (exact) mass is 187 g/mol. The number of aliphatic hydroxyl groups excluding tert-OH is 1. The van der Waals surface area contributed by atoms with Gasteiger partial charge in [-0.2, -0.15) is 5.26 Å². The Bertz CT molecular complexity index is 238. The highest BCUT2D eigenvalue weighted by molar-refractivity contribution is 8.08. The second kappa shape index (κ2) is 5.49. The topological polar surface area (TPSA) is 70.3 Å². The highest BCUT2D eigenvalue weighted by atomic mass is 32.2. The molecule has 0 fully saturated rings. The highest BCUT2D eigenvalue weighted by Crippen LogP contribution is 2.18. The number of aliphatic hydroxyl groups is 1. The van der Waals surface area contributed by atoms with Gasteiger partial charge in [-0.05, 0) is 13.8 Å². The maximum atomic E-state index is 11.0. The Kier molecular flexibility index (Phi) is 4.97. The van der Waals surface area contributed by atoms with Gasteiger partial charge >= 0.3 is 5.97 Å². The first kappa shape index (κ1) is 10.8. The van der Waals surface area contributed by atoms with Crippen LogP contribution in [0, 0.1) is 10.7 Å². The summed E-state index contributed by atoms with van der Waals surface area (Å²) in [6.07, 6.45) is 0. The summed E-state index contributed by atoms with van der Waals surface area (Å²) in [4.78, 5) is 10.9. The number of esters is 1. The summed E-state index contributed by atoms with van der Waals surface area (Å²) in [5, 5.41) is 18.9. The Balaban J connectivity index is 4.45. The summed E-state index contributed by atoms with van der Waals surface area (Å²) in [6.45, 7) is 3.21. The Morgan fingerprint density at radius 3 is 2.67 bits per heavy atom. The van der Waals surface area contributed by atoms with E-state index >= 15 is 0 Å². The molecule has 0 spiro atoms. The Morgan fingerprint density at radius 1 is 1.75 bits per heavy atom. The summed E-state index contributed by atoms with van der Waals surface area (Å²) >= 11 is 0.593. The minimum atomic E-state index is -0.663. The number of hydrogen-bond donors (Lipinski definition) is 1. The summed E-state index contributed by atoms with van der Waals surface area (Å²) in [7, 11) is 0. The third-order valence-electron chi connectivity index (χ3n) is 0.937. The second-order valence-electron chi connectivity index (χ2n) is 1.83. The van der Waals surface area contributed by atoms with E-state index < -0.39 is 5.97 Å². The number of thiocyanates is 1. The lowest BCUT2D eigenvalue weighted by atomic mass is 10.5. The van der Waals surface area contributed by atoms with E-state index in [1.54, 1.807) is 12.3 Å². The summed E-state index contributed by atoms with van der Waals surface area (Å²) in [5.41, 5.74) is 0. The SMILES string of the molecule is CCOC(=O)/C(SC#N)=C(\C)O. The zero-order valence-corrected chi connectivity index (χ0v) is 7.64.